The van der Waals surface area contributed by atoms with Crippen molar-refractivity contribution in [3.05, 3.63) is 29.8 Å². The molecule has 110 valence electrons. The minimum Gasteiger partial charge on any atom is -0.320 e. The molecule has 1 aromatic carbocycles. The molecule has 0 aliphatic rings. The number of hydrogen-bond acceptors (Lipinski definition) is 3. The first-order chi connectivity index (χ1) is 9.57. The van der Waals surface area contributed by atoms with E-state index < -0.39 is 10.0 Å². The van der Waals surface area contributed by atoms with E-state index in [0.29, 0.717) is 18.7 Å². The summed E-state index contributed by atoms with van der Waals surface area (Å²) in [6.45, 7) is 5.20. The van der Waals surface area contributed by atoms with Crippen LogP contribution in [0.2, 0.25) is 0 Å². The van der Waals surface area contributed by atoms with Crippen LogP contribution in [0.15, 0.2) is 29.2 Å². The van der Waals surface area contributed by atoms with Gasteiger partial charge in [0.2, 0.25) is 10.0 Å². The monoisotopic (exact) mass is 294 g/mol. The molecule has 20 heavy (non-hydrogen) atoms. The van der Waals surface area contributed by atoms with Crippen LogP contribution >= 0.6 is 0 Å². The van der Waals surface area contributed by atoms with Gasteiger partial charge in [0.15, 0.2) is 0 Å². The summed E-state index contributed by atoms with van der Waals surface area (Å²) in [7, 11) is -3.50. The van der Waals surface area contributed by atoms with E-state index in [1.54, 1.807) is 24.3 Å². The molecule has 4 nitrogen and oxygen atoms in total. The molecular weight excluding hydrogens is 272 g/mol. The van der Waals surface area contributed by atoms with Gasteiger partial charge in [0, 0.05) is 18.7 Å². The highest BCUT2D eigenvalue weighted by molar-refractivity contribution is 7.89. The van der Waals surface area contributed by atoms with Crippen LogP contribution in [-0.4, -0.2) is 32.4 Å². The van der Waals surface area contributed by atoms with E-state index in [0.717, 1.165) is 12.8 Å². The van der Waals surface area contributed by atoms with Crippen LogP contribution in [0.3, 0.4) is 0 Å². The SMILES string of the molecule is CCCN(CCC)S(=O)(=O)c1ccccc1C#CCN. The lowest BCUT2D eigenvalue weighted by molar-refractivity contribution is 0.410. The van der Waals surface area contributed by atoms with Crippen molar-refractivity contribution in [1.29, 1.82) is 0 Å². The van der Waals surface area contributed by atoms with Crippen molar-refractivity contribution in [2.75, 3.05) is 19.6 Å². The highest BCUT2D eigenvalue weighted by Gasteiger charge is 2.24. The predicted molar refractivity (Wildman–Crippen MR) is 81.7 cm³/mol. The van der Waals surface area contributed by atoms with Gasteiger partial charge in [-0.25, -0.2) is 8.42 Å². The Hall–Kier alpha value is -1.35. The first-order valence-corrected chi connectivity index (χ1v) is 8.30. The maximum atomic E-state index is 12.7. The molecule has 0 unspecified atom stereocenters. The lowest BCUT2D eigenvalue weighted by Gasteiger charge is -2.21. The van der Waals surface area contributed by atoms with Crippen LogP contribution in [-0.2, 0) is 10.0 Å². The number of sulfonamides is 1. The van der Waals surface area contributed by atoms with Gasteiger partial charge in [-0.05, 0) is 25.0 Å². The van der Waals surface area contributed by atoms with Gasteiger partial charge < -0.3 is 5.73 Å². The molecule has 0 spiro atoms. The van der Waals surface area contributed by atoms with Gasteiger partial charge in [0.1, 0.15) is 0 Å². The van der Waals surface area contributed by atoms with E-state index >= 15 is 0 Å². The van der Waals surface area contributed by atoms with Crippen molar-refractivity contribution in [2.24, 2.45) is 5.73 Å². The first kappa shape index (κ1) is 16.7. The van der Waals surface area contributed by atoms with Gasteiger partial charge in [-0.2, -0.15) is 4.31 Å². The molecule has 0 bridgehead atoms. The second-order valence-corrected chi connectivity index (χ2v) is 6.31. The van der Waals surface area contributed by atoms with Crippen molar-refractivity contribution in [2.45, 2.75) is 31.6 Å². The van der Waals surface area contributed by atoms with Gasteiger partial charge in [0.05, 0.1) is 11.4 Å². The standard InChI is InChI=1S/C15H22N2O2S/c1-3-12-17(13-4-2)20(18,19)15-10-6-5-8-14(15)9-7-11-16/h5-6,8,10H,3-4,11-13,16H2,1-2H3. The molecule has 0 heterocycles. The first-order valence-electron chi connectivity index (χ1n) is 6.86. The lowest BCUT2D eigenvalue weighted by Crippen LogP contribution is -2.33. The van der Waals surface area contributed by atoms with Crippen molar-refractivity contribution in [1.82, 2.24) is 4.31 Å². The van der Waals surface area contributed by atoms with Gasteiger partial charge >= 0.3 is 0 Å². The van der Waals surface area contributed by atoms with Gasteiger partial charge in [-0.1, -0.05) is 37.8 Å². The normalized spacial score (nSPS) is 11.2. The molecule has 0 aliphatic carbocycles. The zero-order valence-electron chi connectivity index (χ0n) is 12.1. The number of hydrogen-bond donors (Lipinski definition) is 1. The molecule has 1 rings (SSSR count). The molecule has 2 N–H and O–H groups in total. The summed E-state index contributed by atoms with van der Waals surface area (Å²) in [5.74, 6) is 5.55. The molecule has 5 heteroatoms. The third kappa shape index (κ3) is 4.07. The Morgan fingerprint density at radius 1 is 1.15 bits per heavy atom. The summed E-state index contributed by atoms with van der Waals surface area (Å²) in [5, 5.41) is 0. The van der Waals surface area contributed by atoms with E-state index in [2.05, 4.69) is 11.8 Å². The van der Waals surface area contributed by atoms with E-state index in [4.69, 9.17) is 5.73 Å². The van der Waals surface area contributed by atoms with Crippen LogP contribution in [0, 0.1) is 11.8 Å². The average Bonchev–Trinajstić information content (AvgIpc) is 2.45. The Morgan fingerprint density at radius 3 is 2.30 bits per heavy atom. The van der Waals surface area contributed by atoms with Crippen LogP contribution < -0.4 is 5.73 Å². The number of nitrogens with two attached hydrogens (primary N) is 1. The van der Waals surface area contributed by atoms with Crippen molar-refractivity contribution in [3.63, 3.8) is 0 Å². The maximum absolute atomic E-state index is 12.7. The summed E-state index contributed by atoms with van der Waals surface area (Å²) in [5.41, 5.74) is 5.87. The Morgan fingerprint density at radius 2 is 1.75 bits per heavy atom. The third-order valence-electron chi connectivity index (χ3n) is 2.78. The van der Waals surface area contributed by atoms with Crippen LogP contribution in [0.4, 0.5) is 0 Å². The summed E-state index contributed by atoms with van der Waals surface area (Å²) in [6.07, 6.45) is 1.58. The lowest BCUT2D eigenvalue weighted by atomic mass is 10.2. The predicted octanol–water partition coefficient (Wildman–Crippen LogP) is 1.81. The maximum Gasteiger partial charge on any atom is 0.244 e. The molecule has 0 aromatic heterocycles. The molecule has 0 fully saturated rings. The van der Waals surface area contributed by atoms with E-state index in [9.17, 15) is 8.42 Å². The number of benzene rings is 1. The molecule has 0 radical (unpaired) electrons. The summed E-state index contributed by atoms with van der Waals surface area (Å²) in [4.78, 5) is 0.267. The zero-order valence-corrected chi connectivity index (χ0v) is 12.9. The van der Waals surface area contributed by atoms with Gasteiger partial charge in [-0.15, -0.1) is 0 Å². The Bertz CT molecular complexity index is 579. The Balaban J connectivity index is 3.26. The summed E-state index contributed by atoms with van der Waals surface area (Å²) >= 11 is 0. The van der Waals surface area contributed by atoms with E-state index in [-0.39, 0.29) is 11.4 Å². The van der Waals surface area contributed by atoms with E-state index in [1.165, 1.54) is 4.31 Å². The van der Waals surface area contributed by atoms with Gasteiger partial charge in [0.25, 0.3) is 0 Å². The minimum absolute atomic E-state index is 0.210. The summed E-state index contributed by atoms with van der Waals surface area (Å²) in [6, 6.07) is 6.82. The quantitative estimate of drug-likeness (QED) is 0.814. The van der Waals surface area contributed by atoms with Crippen molar-refractivity contribution < 1.29 is 8.42 Å². The Labute approximate surface area is 122 Å². The molecule has 0 aliphatic heterocycles. The molecule has 1 aromatic rings. The number of rotatable bonds is 6. The minimum atomic E-state index is -3.50. The third-order valence-corrected chi connectivity index (χ3v) is 4.73. The molecule has 0 saturated carbocycles. The fourth-order valence-corrected chi connectivity index (χ4v) is 3.70. The van der Waals surface area contributed by atoms with E-state index in [1.807, 2.05) is 13.8 Å². The van der Waals surface area contributed by atoms with Gasteiger partial charge in [-0.3, -0.25) is 0 Å². The second-order valence-electron chi connectivity index (χ2n) is 4.41. The van der Waals surface area contributed by atoms with Crippen LogP contribution in [0.5, 0.6) is 0 Å². The second kappa shape index (κ2) is 8.05. The van der Waals surface area contributed by atoms with Crippen LogP contribution in [0.25, 0.3) is 0 Å². The summed E-state index contributed by atoms with van der Waals surface area (Å²) < 4.78 is 27.0. The van der Waals surface area contributed by atoms with Crippen molar-refractivity contribution in [3.8, 4) is 11.8 Å². The fraction of sp³-hybridized carbons (Fsp3) is 0.467. The average molecular weight is 294 g/mol. The number of nitrogens with zero attached hydrogens (tertiary/aromatic N) is 1. The Kier molecular flexibility index (Phi) is 6.73. The molecular formula is C15H22N2O2S. The smallest absolute Gasteiger partial charge is 0.244 e. The largest absolute Gasteiger partial charge is 0.320 e. The zero-order chi connectivity index (χ0) is 15.0. The highest BCUT2D eigenvalue weighted by Crippen LogP contribution is 2.20. The van der Waals surface area contributed by atoms with Crippen molar-refractivity contribution >= 4 is 10.0 Å². The fourth-order valence-electron chi connectivity index (χ4n) is 1.93. The highest BCUT2D eigenvalue weighted by atomic mass is 32.2. The molecule has 0 saturated heterocycles. The molecule has 0 atom stereocenters. The topological polar surface area (TPSA) is 63.4 Å². The molecule has 0 amide bonds. The van der Waals surface area contributed by atoms with Crippen LogP contribution in [0.1, 0.15) is 32.3 Å².